The molecule has 1 aromatic rings. The molecule has 1 rings (SSSR count). The predicted molar refractivity (Wildman–Crippen MR) is 83.0 cm³/mol. The van der Waals surface area contributed by atoms with E-state index in [0.29, 0.717) is 11.1 Å². The van der Waals surface area contributed by atoms with E-state index in [9.17, 15) is 5.11 Å². The predicted octanol–water partition coefficient (Wildman–Crippen LogP) is 3.05. The Hall–Kier alpha value is -0.770. The van der Waals surface area contributed by atoms with Gasteiger partial charge in [0.25, 0.3) is 0 Å². The van der Waals surface area contributed by atoms with Gasteiger partial charge in [0.15, 0.2) is 0 Å². The lowest BCUT2D eigenvalue weighted by Gasteiger charge is -2.37. The summed E-state index contributed by atoms with van der Waals surface area (Å²) < 4.78 is 0. The Morgan fingerprint density at radius 3 is 2.53 bits per heavy atom. The second-order valence-corrected chi connectivity index (χ2v) is 6.27. The minimum Gasteiger partial charge on any atom is -0.394 e. The summed E-state index contributed by atoms with van der Waals surface area (Å²) in [4.78, 5) is 2.08. The molecule has 0 aromatic heterocycles. The van der Waals surface area contributed by atoms with Crippen molar-refractivity contribution in [3.63, 3.8) is 0 Å². The monoisotopic (exact) mass is 284 g/mol. The molecule has 0 unspecified atom stereocenters. The van der Waals surface area contributed by atoms with Crippen LogP contribution in [0.3, 0.4) is 0 Å². The van der Waals surface area contributed by atoms with Crippen molar-refractivity contribution < 1.29 is 5.11 Å². The summed E-state index contributed by atoms with van der Waals surface area (Å²) in [5.74, 6) is 0. The fraction of sp³-hybridized carbons (Fsp3) is 0.600. The van der Waals surface area contributed by atoms with Crippen molar-refractivity contribution >= 4 is 17.3 Å². The zero-order valence-corrected chi connectivity index (χ0v) is 13.3. The average Bonchev–Trinajstić information content (AvgIpc) is 2.36. The zero-order valence-electron chi connectivity index (χ0n) is 12.5. The van der Waals surface area contributed by atoms with Gasteiger partial charge in [-0.1, -0.05) is 31.5 Å². The third-order valence-corrected chi connectivity index (χ3v) is 3.64. The van der Waals surface area contributed by atoms with Gasteiger partial charge in [0.1, 0.15) is 0 Å². The number of nitrogens with zero attached hydrogens (tertiary/aromatic N) is 1. The number of aliphatic hydroxyl groups excluding tert-OH is 1. The SMILES string of the molecule is CC(C)NCc1ccc(Cl)cc1N(C)C(C)(C)CO. The lowest BCUT2D eigenvalue weighted by atomic mass is 10.0. The Kier molecular flexibility index (Phi) is 5.65. The number of benzene rings is 1. The Bertz CT molecular complexity index is 419. The molecule has 0 atom stereocenters. The summed E-state index contributed by atoms with van der Waals surface area (Å²) in [6, 6.07) is 6.33. The van der Waals surface area contributed by atoms with Gasteiger partial charge in [-0.15, -0.1) is 0 Å². The van der Waals surface area contributed by atoms with E-state index in [4.69, 9.17) is 11.6 Å². The molecule has 0 bridgehead atoms. The number of anilines is 1. The quantitative estimate of drug-likeness (QED) is 0.843. The van der Waals surface area contributed by atoms with Crippen molar-refractivity contribution in [2.24, 2.45) is 0 Å². The van der Waals surface area contributed by atoms with E-state index in [1.807, 2.05) is 39.1 Å². The van der Waals surface area contributed by atoms with E-state index in [2.05, 4.69) is 24.1 Å². The van der Waals surface area contributed by atoms with Crippen molar-refractivity contribution in [3.8, 4) is 0 Å². The summed E-state index contributed by atoms with van der Waals surface area (Å²) in [5, 5.41) is 13.6. The molecule has 19 heavy (non-hydrogen) atoms. The number of likely N-dealkylation sites (N-methyl/N-ethyl adjacent to an activating group) is 1. The van der Waals surface area contributed by atoms with Crippen LogP contribution in [0, 0.1) is 0 Å². The molecule has 0 aliphatic heterocycles. The van der Waals surface area contributed by atoms with Crippen molar-refractivity contribution in [1.29, 1.82) is 0 Å². The third kappa shape index (κ3) is 4.37. The van der Waals surface area contributed by atoms with E-state index < -0.39 is 0 Å². The van der Waals surface area contributed by atoms with Crippen molar-refractivity contribution in [3.05, 3.63) is 28.8 Å². The number of hydrogen-bond donors (Lipinski definition) is 2. The average molecular weight is 285 g/mol. The van der Waals surface area contributed by atoms with E-state index in [1.54, 1.807) is 0 Å². The normalized spacial score (nSPS) is 12.0. The van der Waals surface area contributed by atoms with Gasteiger partial charge in [-0.3, -0.25) is 0 Å². The Morgan fingerprint density at radius 1 is 1.37 bits per heavy atom. The number of nitrogens with one attached hydrogen (secondary N) is 1. The van der Waals surface area contributed by atoms with Gasteiger partial charge in [-0.05, 0) is 31.5 Å². The summed E-state index contributed by atoms with van der Waals surface area (Å²) in [6.45, 7) is 9.14. The van der Waals surface area contributed by atoms with Crippen molar-refractivity contribution in [1.82, 2.24) is 5.32 Å². The molecule has 108 valence electrons. The molecule has 0 aliphatic carbocycles. The lowest BCUT2D eigenvalue weighted by Crippen LogP contribution is -2.45. The van der Waals surface area contributed by atoms with Gasteiger partial charge in [0.05, 0.1) is 12.1 Å². The maximum absolute atomic E-state index is 9.51. The smallest absolute Gasteiger partial charge is 0.0658 e. The number of hydrogen-bond acceptors (Lipinski definition) is 3. The molecule has 0 saturated carbocycles. The van der Waals surface area contributed by atoms with Gasteiger partial charge in [-0.25, -0.2) is 0 Å². The molecule has 0 saturated heterocycles. The first kappa shape index (κ1) is 16.3. The van der Waals surface area contributed by atoms with Crippen molar-refractivity contribution in [2.75, 3.05) is 18.6 Å². The lowest BCUT2D eigenvalue weighted by molar-refractivity contribution is 0.216. The van der Waals surface area contributed by atoms with Gasteiger partial charge in [0, 0.05) is 30.3 Å². The molecule has 0 amide bonds. The number of aliphatic hydroxyl groups is 1. The Balaban J connectivity index is 3.06. The fourth-order valence-electron chi connectivity index (χ4n) is 1.74. The van der Waals surface area contributed by atoms with Crippen LogP contribution in [0.4, 0.5) is 5.69 Å². The van der Waals surface area contributed by atoms with Gasteiger partial charge in [-0.2, -0.15) is 0 Å². The Morgan fingerprint density at radius 2 is 2.00 bits per heavy atom. The van der Waals surface area contributed by atoms with Crippen LogP contribution in [0.5, 0.6) is 0 Å². The topological polar surface area (TPSA) is 35.5 Å². The highest BCUT2D eigenvalue weighted by Gasteiger charge is 2.24. The minimum atomic E-state index is -0.322. The first-order valence-corrected chi connectivity index (χ1v) is 7.02. The van der Waals surface area contributed by atoms with Crippen LogP contribution < -0.4 is 10.2 Å². The van der Waals surface area contributed by atoms with Crippen LogP contribution in [0.25, 0.3) is 0 Å². The molecule has 0 fully saturated rings. The van der Waals surface area contributed by atoms with E-state index in [0.717, 1.165) is 12.2 Å². The van der Waals surface area contributed by atoms with Crippen LogP contribution in [0.1, 0.15) is 33.3 Å². The molecule has 0 spiro atoms. The maximum Gasteiger partial charge on any atom is 0.0658 e. The summed E-state index contributed by atoms with van der Waals surface area (Å²) >= 11 is 6.11. The highest BCUT2D eigenvalue weighted by Crippen LogP contribution is 2.29. The summed E-state index contributed by atoms with van der Waals surface area (Å²) in [6.07, 6.45) is 0. The van der Waals surface area contributed by atoms with Gasteiger partial charge in [0.2, 0.25) is 0 Å². The second-order valence-electron chi connectivity index (χ2n) is 5.84. The third-order valence-electron chi connectivity index (χ3n) is 3.40. The van der Waals surface area contributed by atoms with Crippen LogP contribution >= 0.6 is 11.6 Å². The van der Waals surface area contributed by atoms with E-state index in [-0.39, 0.29) is 12.1 Å². The maximum atomic E-state index is 9.51. The van der Waals surface area contributed by atoms with Crippen LogP contribution in [-0.2, 0) is 6.54 Å². The fourth-order valence-corrected chi connectivity index (χ4v) is 1.91. The second kappa shape index (κ2) is 6.60. The van der Waals surface area contributed by atoms with E-state index in [1.165, 1.54) is 5.56 Å². The number of halogens is 1. The molecule has 2 N–H and O–H groups in total. The van der Waals surface area contributed by atoms with E-state index >= 15 is 0 Å². The number of rotatable bonds is 6. The first-order valence-electron chi connectivity index (χ1n) is 6.64. The molecule has 0 radical (unpaired) electrons. The molecular weight excluding hydrogens is 260 g/mol. The van der Waals surface area contributed by atoms with Crippen LogP contribution in [0.2, 0.25) is 5.02 Å². The molecule has 4 heteroatoms. The highest BCUT2D eigenvalue weighted by atomic mass is 35.5. The van der Waals surface area contributed by atoms with Crippen LogP contribution in [-0.4, -0.2) is 30.3 Å². The van der Waals surface area contributed by atoms with Gasteiger partial charge >= 0.3 is 0 Å². The molecule has 1 aromatic carbocycles. The Labute approximate surface area is 121 Å². The molecular formula is C15H25ClN2O. The zero-order chi connectivity index (χ0) is 14.6. The molecule has 0 aliphatic rings. The summed E-state index contributed by atoms with van der Waals surface area (Å²) in [5.41, 5.74) is 1.92. The standard InChI is InChI=1S/C15H25ClN2O/c1-11(2)17-9-12-6-7-13(16)8-14(12)18(5)15(3,4)10-19/h6-8,11,17,19H,9-10H2,1-5H3. The highest BCUT2D eigenvalue weighted by molar-refractivity contribution is 6.30. The first-order chi connectivity index (χ1) is 8.77. The molecule has 0 heterocycles. The van der Waals surface area contributed by atoms with Gasteiger partial charge < -0.3 is 15.3 Å². The minimum absolute atomic E-state index is 0.0903. The summed E-state index contributed by atoms with van der Waals surface area (Å²) in [7, 11) is 1.99. The molecule has 3 nitrogen and oxygen atoms in total. The van der Waals surface area contributed by atoms with Crippen molar-refractivity contribution in [2.45, 2.75) is 45.8 Å². The largest absolute Gasteiger partial charge is 0.394 e. The van der Waals surface area contributed by atoms with Crippen LogP contribution in [0.15, 0.2) is 18.2 Å².